The lowest BCUT2D eigenvalue weighted by atomic mass is 10.3. The molecule has 0 aliphatic heterocycles. The standard InChI is InChI=1S/C18H26N4O4/c1-5-15(23)19-9-11-21(17(25)7-3)13-14-22(18(26)8-4)12-10-20-16(24)6-2/h5-8H,1-4,9-14H2,(H,19,23)(H,20,24). The van der Waals surface area contributed by atoms with Crippen LogP contribution in [0.2, 0.25) is 0 Å². The van der Waals surface area contributed by atoms with E-state index in [4.69, 9.17) is 0 Å². The van der Waals surface area contributed by atoms with E-state index in [2.05, 4.69) is 36.9 Å². The summed E-state index contributed by atoms with van der Waals surface area (Å²) in [6, 6.07) is 0. The maximum Gasteiger partial charge on any atom is 0.246 e. The van der Waals surface area contributed by atoms with Crippen LogP contribution in [-0.2, 0) is 19.2 Å². The lowest BCUT2D eigenvalue weighted by Crippen LogP contribution is -2.45. The first kappa shape index (κ1) is 22.8. The Bertz CT molecular complexity index is 522. The van der Waals surface area contributed by atoms with Crippen molar-refractivity contribution in [3.8, 4) is 0 Å². The smallest absolute Gasteiger partial charge is 0.246 e. The molecular weight excluding hydrogens is 336 g/mol. The first-order valence-corrected chi connectivity index (χ1v) is 8.02. The number of rotatable bonds is 13. The van der Waals surface area contributed by atoms with Gasteiger partial charge in [0, 0.05) is 39.3 Å². The summed E-state index contributed by atoms with van der Waals surface area (Å²) in [7, 11) is 0. The zero-order chi connectivity index (χ0) is 19.9. The highest BCUT2D eigenvalue weighted by Gasteiger charge is 2.15. The Morgan fingerprint density at radius 2 is 0.962 bits per heavy atom. The van der Waals surface area contributed by atoms with Crippen LogP contribution < -0.4 is 10.6 Å². The molecule has 0 radical (unpaired) electrons. The minimum Gasteiger partial charge on any atom is -0.351 e. The predicted molar refractivity (Wildman–Crippen MR) is 100.0 cm³/mol. The Balaban J connectivity index is 4.70. The number of nitrogens with zero attached hydrogens (tertiary/aromatic N) is 2. The van der Waals surface area contributed by atoms with Crippen molar-refractivity contribution in [2.75, 3.05) is 39.3 Å². The molecule has 0 rings (SSSR count). The zero-order valence-electron chi connectivity index (χ0n) is 14.9. The molecule has 0 atom stereocenters. The van der Waals surface area contributed by atoms with Crippen molar-refractivity contribution in [2.24, 2.45) is 0 Å². The van der Waals surface area contributed by atoms with Crippen molar-refractivity contribution < 1.29 is 19.2 Å². The molecule has 0 aromatic heterocycles. The van der Waals surface area contributed by atoms with E-state index in [-0.39, 0.29) is 62.9 Å². The monoisotopic (exact) mass is 362 g/mol. The molecule has 0 aliphatic rings. The normalized spacial score (nSPS) is 9.38. The van der Waals surface area contributed by atoms with Gasteiger partial charge in [-0.15, -0.1) is 0 Å². The van der Waals surface area contributed by atoms with Gasteiger partial charge in [0.15, 0.2) is 0 Å². The van der Waals surface area contributed by atoms with Gasteiger partial charge in [0.05, 0.1) is 0 Å². The average Bonchev–Trinajstić information content (AvgIpc) is 2.66. The fourth-order valence-electron chi connectivity index (χ4n) is 1.94. The molecule has 4 amide bonds. The van der Waals surface area contributed by atoms with Crippen LogP contribution in [0.3, 0.4) is 0 Å². The molecule has 142 valence electrons. The number of amides is 4. The maximum atomic E-state index is 11.9. The van der Waals surface area contributed by atoms with E-state index in [1.165, 1.54) is 22.0 Å². The highest BCUT2D eigenvalue weighted by molar-refractivity contribution is 5.89. The fraction of sp³-hybridized carbons (Fsp3) is 0.333. The average molecular weight is 362 g/mol. The summed E-state index contributed by atoms with van der Waals surface area (Å²) in [5.74, 6) is -1.30. The van der Waals surface area contributed by atoms with Crippen LogP contribution in [0.1, 0.15) is 0 Å². The second kappa shape index (κ2) is 13.2. The van der Waals surface area contributed by atoms with Gasteiger partial charge in [-0.25, -0.2) is 0 Å². The second-order valence-corrected chi connectivity index (χ2v) is 5.05. The summed E-state index contributed by atoms with van der Waals surface area (Å²) in [6.45, 7) is 15.1. The largest absolute Gasteiger partial charge is 0.351 e. The van der Waals surface area contributed by atoms with Crippen molar-refractivity contribution in [3.63, 3.8) is 0 Å². The molecule has 26 heavy (non-hydrogen) atoms. The lowest BCUT2D eigenvalue weighted by molar-refractivity contribution is -0.130. The van der Waals surface area contributed by atoms with E-state index in [9.17, 15) is 19.2 Å². The Labute approximate surface area is 153 Å². The maximum absolute atomic E-state index is 11.9. The van der Waals surface area contributed by atoms with Crippen molar-refractivity contribution >= 4 is 23.6 Å². The summed E-state index contributed by atoms with van der Waals surface area (Å²) < 4.78 is 0. The van der Waals surface area contributed by atoms with Crippen molar-refractivity contribution in [3.05, 3.63) is 50.6 Å². The predicted octanol–water partition coefficient (Wildman–Crippen LogP) is -0.380. The highest BCUT2D eigenvalue weighted by Crippen LogP contribution is 1.96. The van der Waals surface area contributed by atoms with Gasteiger partial charge in [-0.1, -0.05) is 26.3 Å². The molecular formula is C18H26N4O4. The van der Waals surface area contributed by atoms with Gasteiger partial charge in [0.1, 0.15) is 0 Å². The van der Waals surface area contributed by atoms with Gasteiger partial charge < -0.3 is 20.4 Å². The number of nitrogens with one attached hydrogen (secondary N) is 2. The molecule has 0 bridgehead atoms. The highest BCUT2D eigenvalue weighted by atomic mass is 16.2. The van der Waals surface area contributed by atoms with Gasteiger partial charge in [-0.05, 0) is 24.3 Å². The Morgan fingerprint density at radius 3 is 1.23 bits per heavy atom. The summed E-state index contributed by atoms with van der Waals surface area (Å²) >= 11 is 0. The summed E-state index contributed by atoms with van der Waals surface area (Å²) in [6.07, 6.45) is 4.61. The fourth-order valence-corrected chi connectivity index (χ4v) is 1.94. The Hall–Kier alpha value is -3.16. The van der Waals surface area contributed by atoms with Crippen LogP contribution >= 0.6 is 0 Å². The topological polar surface area (TPSA) is 98.8 Å². The number of carbonyl (C=O) groups excluding carboxylic acids is 4. The van der Waals surface area contributed by atoms with Crippen molar-refractivity contribution in [1.29, 1.82) is 0 Å². The minimum absolute atomic E-state index is 0.240. The third-order valence-corrected chi connectivity index (χ3v) is 3.35. The van der Waals surface area contributed by atoms with E-state index in [0.29, 0.717) is 0 Å². The molecule has 8 heteroatoms. The van der Waals surface area contributed by atoms with Gasteiger partial charge in [-0.2, -0.15) is 0 Å². The van der Waals surface area contributed by atoms with Crippen LogP contribution in [0, 0.1) is 0 Å². The quantitative estimate of drug-likeness (QED) is 0.436. The molecule has 0 unspecified atom stereocenters. The van der Waals surface area contributed by atoms with Gasteiger partial charge >= 0.3 is 0 Å². The van der Waals surface area contributed by atoms with Crippen LogP contribution in [0.5, 0.6) is 0 Å². The van der Waals surface area contributed by atoms with E-state index in [1.54, 1.807) is 0 Å². The SMILES string of the molecule is C=CC(=O)NCCN(CCN(CCNC(=O)C=C)C(=O)C=C)C(=O)C=C. The van der Waals surface area contributed by atoms with E-state index >= 15 is 0 Å². The van der Waals surface area contributed by atoms with Crippen LogP contribution in [0.15, 0.2) is 50.6 Å². The zero-order valence-corrected chi connectivity index (χ0v) is 14.9. The number of hydrogen-bond donors (Lipinski definition) is 2. The molecule has 0 aromatic rings. The van der Waals surface area contributed by atoms with Crippen molar-refractivity contribution in [2.45, 2.75) is 0 Å². The van der Waals surface area contributed by atoms with E-state index in [1.807, 2.05) is 0 Å². The molecule has 0 aliphatic carbocycles. The summed E-state index contributed by atoms with van der Waals surface area (Å²) in [5, 5.41) is 5.16. The molecule has 0 fully saturated rings. The molecule has 0 heterocycles. The van der Waals surface area contributed by atoms with Gasteiger partial charge in [-0.3, -0.25) is 19.2 Å². The molecule has 8 nitrogen and oxygen atoms in total. The molecule has 0 saturated carbocycles. The second-order valence-electron chi connectivity index (χ2n) is 5.05. The molecule has 0 saturated heterocycles. The van der Waals surface area contributed by atoms with E-state index in [0.717, 1.165) is 12.2 Å². The van der Waals surface area contributed by atoms with E-state index < -0.39 is 0 Å². The lowest BCUT2D eigenvalue weighted by Gasteiger charge is -2.27. The Kier molecular flexibility index (Phi) is 11.6. The number of hydrogen-bond acceptors (Lipinski definition) is 4. The first-order valence-electron chi connectivity index (χ1n) is 8.02. The third kappa shape index (κ3) is 9.21. The van der Waals surface area contributed by atoms with Crippen LogP contribution in [0.25, 0.3) is 0 Å². The van der Waals surface area contributed by atoms with Gasteiger partial charge in [0.25, 0.3) is 0 Å². The molecule has 0 aromatic carbocycles. The minimum atomic E-state index is -0.336. The van der Waals surface area contributed by atoms with Gasteiger partial charge in [0.2, 0.25) is 23.6 Å². The van der Waals surface area contributed by atoms with Crippen LogP contribution in [-0.4, -0.2) is 72.7 Å². The number of carbonyl (C=O) groups is 4. The summed E-state index contributed by atoms with van der Waals surface area (Å²) in [5.41, 5.74) is 0. The molecule has 2 N–H and O–H groups in total. The summed E-state index contributed by atoms with van der Waals surface area (Å²) in [4.78, 5) is 49.1. The van der Waals surface area contributed by atoms with Crippen LogP contribution in [0.4, 0.5) is 0 Å². The third-order valence-electron chi connectivity index (χ3n) is 3.35. The first-order chi connectivity index (χ1) is 12.4. The van der Waals surface area contributed by atoms with Crippen molar-refractivity contribution in [1.82, 2.24) is 20.4 Å². The Morgan fingerprint density at radius 1 is 0.615 bits per heavy atom. The molecule has 0 spiro atoms.